The fourth-order valence-corrected chi connectivity index (χ4v) is 1.80. The molecule has 0 bridgehead atoms. The van der Waals surface area contributed by atoms with Gasteiger partial charge in [0.15, 0.2) is 0 Å². The van der Waals surface area contributed by atoms with E-state index in [9.17, 15) is 4.79 Å². The van der Waals surface area contributed by atoms with E-state index in [1.54, 1.807) is 18.2 Å². The standard InChI is InChI=1S/C16H12INO2/c17-11-6-12-20-15-10-5-4-9-14(15)16(19)18-13-7-2-1-3-8-13/h1-5,7-10H,12H2,(H,18,19). The number of rotatable bonds is 4. The first-order valence-corrected chi connectivity index (χ1v) is 7.06. The Morgan fingerprint density at radius 2 is 1.80 bits per heavy atom. The molecule has 0 aliphatic heterocycles. The third kappa shape index (κ3) is 4.00. The van der Waals surface area contributed by atoms with Gasteiger partial charge in [0.25, 0.3) is 5.91 Å². The zero-order chi connectivity index (χ0) is 14.2. The molecule has 20 heavy (non-hydrogen) atoms. The molecule has 4 heteroatoms. The van der Waals surface area contributed by atoms with Crippen molar-refractivity contribution in [2.24, 2.45) is 0 Å². The molecule has 0 saturated heterocycles. The number of amides is 1. The van der Waals surface area contributed by atoms with E-state index in [2.05, 4.69) is 15.2 Å². The van der Waals surface area contributed by atoms with Crippen molar-refractivity contribution >= 4 is 34.2 Å². The van der Waals surface area contributed by atoms with Gasteiger partial charge in [0.05, 0.1) is 5.56 Å². The highest BCUT2D eigenvalue weighted by Gasteiger charge is 2.11. The topological polar surface area (TPSA) is 38.3 Å². The first-order chi connectivity index (χ1) is 9.81. The van der Waals surface area contributed by atoms with Gasteiger partial charge < -0.3 is 10.1 Å². The van der Waals surface area contributed by atoms with Gasteiger partial charge in [-0.3, -0.25) is 4.79 Å². The van der Waals surface area contributed by atoms with E-state index in [0.29, 0.717) is 11.3 Å². The molecule has 0 unspecified atom stereocenters. The van der Waals surface area contributed by atoms with Gasteiger partial charge in [-0.1, -0.05) is 36.3 Å². The molecule has 100 valence electrons. The van der Waals surface area contributed by atoms with Crippen molar-refractivity contribution in [2.75, 3.05) is 11.9 Å². The summed E-state index contributed by atoms with van der Waals surface area (Å²) in [6.45, 7) is 0.262. The molecule has 0 saturated carbocycles. The Balaban J connectivity index is 2.14. The monoisotopic (exact) mass is 377 g/mol. The summed E-state index contributed by atoms with van der Waals surface area (Å²) >= 11 is 1.95. The summed E-state index contributed by atoms with van der Waals surface area (Å²) in [6.07, 6.45) is 0. The van der Waals surface area contributed by atoms with Crippen LogP contribution in [0, 0.1) is 9.85 Å². The lowest BCUT2D eigenvalue weighted by molar-refractivity contribution is 0.102. The maximum atomic E-state index is 12.2. The number of ether oxygens (including phenoxy) is 1. The number of anilines is 1. The lowest BCUT2D eigenvalue weighted by Gasteiger charge is -2.10. The van der Waals surface area contributed by atoms with Crippen molar-refractivity contribution in [2.45, 2.75) is 0 Å². The number of carbonyl (C=O) groups excluding carboxylic acids is 1. The van der Waals surface area contributed by atoms with E-state index in [0.717, 1.165) is 5.69 Å². The molecule has 3 nitrogen and oxygen atoms in total. The minimum Gasteiger partial charge on any atom is -0.480 e. The zero-order valence-corrected chi connectivity index (χ0v) is 12.8. The van der Waals surface area contributed by atoms with Crippen LogP contribution in [0.15, 0.2) is 54.6 Å². The second kappa shape index (κ2) is 7.56. The number of carbonyl (C=O) groups is 1. The molecule has 1 amide bonds. The molecule has 0 heterocycles. The van der Waals surface area contributed by atoms with Crippen LogP contribution in [0.4, 0.5) is 5.69 Å². The summed E-state index contributed by atoms with van der Waals surface area (Å²) in [6, 6.07) is 16.4. The zero-order valence-electron chi connectivity index (χ0n) is 10.6. The Hall–Kier alpha value is -2.00. The Bertz CT molecular complexity index is 644. The number of nitrogens with one attached hydrogen (secondary N) is 1. The van der Waals surface area contributed by atoms with E-state index < -0.39 is 0 Å². The van der Waals surface area contributed by atoms with E-state index >= 15 is 0 Å². The van der Waals surface area contributed by atoms with Crippen LogP contribution in [-0.2, 0) is 0 Å². The van der Waals surface area contributed by atoms with E-state index in [1.807, 2.05) is 59.0 Å². The van der Waals surface area contributed by atoms with Crippen molar-refractivity contribution in [3.8, 4) is 15.6 Å². The summed E-state index contributed by atoms with van der Waals surface area (Å²) in [7, 11) is 0. The summed E-state index contributed by atoms with van der Waals surface area (Å²) in [4.78, 5) is 12.2. The highest BCUT2D eigenvalue weighted by Crippen LogP contribution is 2.19. The fourth-order valence-electron chi connectivity index (χ4n) is 1.64. The highest BCUT2D eigenvalue weighted by atomic mass is 127. The average Bonchev–Trinajstić information content (AvgIpc) is 2.49. The fraction of sp³-hybridized carbons (Fsp3) is 0.0625. The Kier molecular flexibility index (Phi) is 5.44. The smallest absolute Gasteiger partial charge is 0.259 e. The third-order valence-corrected chi connectivity index (χ3v) is 2.91. The maximum absolute atomic E-state index is 12.2. The molecule has 0 fully saturated rings. The van der Waals surface area contributed by atoms with Gasteiger partial charge in [0, 0.05) is 28.3 Å². The van der Waals surface area contributed by atoms with Crippen molar-refractivity contribution in [3.63, 3.8) is 0 Å². The van der Waals surface area contributed by atoms with Crippen LogP contribution in [0.1, 0.15) is 10.4 Å². The second-order valence-corrected chi connectivity index (χ2v) is 4.42. The van der Waals surface area contributed by atoms with Crippen LogP contribution in [0.5, 0.6) is 5.75 Å². The van der Waals surface area contributed by atoms with Gasteiger partial charge in [-0.15, -0.1) is 0 Å². The Morgan fingerprint density at radius 3 is 2.55 bits per heavy atom. The number of halogens is 1. The minimum atomic E-state index is -0.200. The molecule has 0 aliphatic rings. The molecule has 0 aliphatic carbocycles. The van der Waals surface area contributed by atoms with Gasteiger partial charge in [-0.2, -0.15) is 0 Å². The number of para-hydroxylation sites is 2. The van der Waals surface area contributed by atoms with E-state index in [4.69, 9.17) is 4.74 Å². The Morgan fingerprint density at radius 1 is 1.10 bits per heavy atom. The summed E-state index contributed by atoms with van der Waals surface area (Å²) in [5.74, 6) is 3.12. The number of hydrogen-bond donors (Lipinski definition) is 1. The largest absolute Gasteiger partial charge is 0.480 e. The quantitative estimate of drug-likeness (QED) is 0.652. The number of hydrogen-bond acceptors (Lipinski definition) is 2. The highest BCUT2D eigenvalue weighted by molar-refractivity contribution is 14.1. The predicted octanol–water partition coefficient (Wildman–Crippen LogP) is 3.71. The van der Waals surface area contributed by atoms with Crippen LogP contribution >= 0.6 is 22.6 Å². The summed E-state index contributed by atoms with van der Waals surface area (Å²) in [5, 5.41) is 2.83. The van der Waals surface area contributed by atoms with Gasteiger partial charge >= 0.3 is 0 Å². The van der Waals surface area contributed by atoms with Crippen molar-refractivity contribution in [3.05, 3.63) is 60.2 Å². The summed E-state index contributed by atoms with van der Waals surface area (Å²) < 4.78 is 8.22. The van der Waals surface area contributed by atoms with Crippen molar-refractivity contribution < 1.29 is 9.53 Å². The second-order valence-electron chi connectivity index (χ2n) is 3.88. The van der Waals surface area contributed by atoms with Crippen LogP contribution in [0.3, 0.4) is 0 Å². The molecule has 1 N–H and O–H groups in total. The molecule has 2 aromatic carbocycles. The number of benzene rings is 2. The first kappa shape index (κ1) is 14.4. The van der Waals surface area contributed by atoms with E-state index in [1.165, 1.54) is 0 Å². The maximum Gasteiger partial charge on any atom is 0.259 e. The predicted molar refractivity (Wildman–Crippen MR) is 88.1 cm³/mol. The first-order valence-electron chi connectivity index (χ1n) is 5.98. The molecular formula is C16H12INO2. The van der Waals surface area contributed by atoms with Gasteiger partial charge in [0.1, 0.15) is 12.4 Å². The summed E-state index contributed by atoms with van der Waals surface area (Å²) in [5.41, 5.74) is 1.24. The average molecular weight is 377 g/mol. The SMILES string of the molecule is O=C(Nc1ccccc1)c1ccccc1OCC#CI. The molecular weight excluding hydrogens is 365 g/mol. The molecule has 0 aromatic heterocycles. The van der Waals surface area contributed by atoms with E-state index in [-0.39, 0.29) is 12.5 Å². The lowest BCUT2D eigenvalue weighted by atomic mass is 10.2. The van der Waals surface area contributed by atoms with Crippen LogP contribution < -0.4 is 10.1 Å². The molecule has 0 radical (unpaired) electrons. The van der Waals surface area contributed by atoms with Gasteiger partial charge in [-0.05, 0) is 28.2 Å². The van der Waals surface area contributed by atoms with Crippen LogP contribution in [-0.4, -0.2) is 12.5 Å². The van der Waals surface area contributed by atoms with Crippen molar-refractivity contribution in [1.82, 2.24) is 0 Å². The molecule has 0 spiro atoms. The third-order valence-electron chi connectivity index (χ3n) is 2.53. The molecule has 0 atom stereocenters. The van der Waals surface area contributed by atoms with Crippen molar-refractivity contribution in [1.29, 1.82) is 0 Å². The van der Waals surface area contributed by atoms with Gasteiger partial charge in [-0.25, -0.2) is 0 Å². The minimum absolute atomic E-state index is 0.200. The molecule has 2 aromatic rings. The van der Waals surface area contributed by atoms with Gasteiger partial charge in [0.2, 0.25) is 0 Å². The normalized spacial score (nSPS) is 9.25. The Labute approximate surface area is 131 Å². The van der Waals surface area contributed by atoms with Crippen LogP contribution in [0.2, 0.25) is 0 Å². The van der Waals surface area contributed by atoms with Crippen LogP contribution in [0.25, 0.3) is 0 Å². The lowest BCUT2D eigenvalue weighted by Crippen LogP contribution is -2.13. The molecule has 2 rings (SSSR count).